The Bertz CT molecular complexity index is 998. The van der Waals surface area contributed by atoms with Crippen molar-refractivity contribution in [1.82, 2.24) is 0 Å². The summed E-state index contributed by atoms with van der Waals surface area (Å²) in [5.74, 6) is 0.493. The van der Waals surface area contributed by atoms with E-state index in [1.165, 1.54) is 0 Å². The van der Waals surface area contributed by atoms with Crippen LogP contribution in [0, 0.1) is 0 Å². The van der Waals surface area contributed by atoms with Crippen LogP contribution in [0.5, 0.6) is 11.5 Å². The summed E-state index contributed by atoms with van der Waals surface area (Å²) in [4.78, 5) is 27.1. The molecule has 3 aliphatic heterocycles. The summed E-state index contributed by atoms with van der Waals surface area (Å²) in [5.41, 5.74) is 2.71. The Kier molecular flexibility index (Phi) is 3.72. The number of hydrogen-bond donors (Lipinski definition) is 0. The summed E-state index contributed by atoms with van der Waals surface area (Å²) < 4.78 is 17.0. The van der Waals surface area contributed by atoms with Crippen molar-refractivity contribution in [3.8, 4) is 11.5 Å². The zero-order chi connectivity index (χ0) is 18.5. The number of esters is 1. The fraction of sp³-hybridized carbons (Fsp3) is 0.200. The highest BCUT2D eigenvalue weighted by Crippen LogP contribution is 2.44. The van der Waals surface area contributed by atoms with E-state index in [0.29, 0.717) is 22.8 Å². The van der Waals surface area contributed by atoms with Crippen LogP contribution >= 0.6 is 15.9 Å². The van der Waals surface area contributed by atoms with Gasteiger partial charge in [0.1, 0.15) is 6.61 Å². The maximum absolute atomic E-state index is 13.0. The zero-order valence-electron chi connectivity index (χ0n) is 14.1. The fourth-order valence-corrected chi connectivity index (χ4v) is 4.02. The Morgan fingerprint density at radius 3 is 2.56 bits per heavy atom. The van der Waals surface area contributed by atoms with Crippen LogP contribution in [0.2, 0.25) is 0 Å². The average Bonchev–Trinajstić information content (AvgIpc) is 3.28. The van der Waals surface area contributed by atoms with Gasteiger partial charge in [0.05, 0.1) is 11.3 Å². The van der Waals surface area contributed by atoms with E-state index in [2.05, 4.69) is 15.9 Å². The third kappa shape index (κ3) is 2.61. The number of fused-ring (bicyclic) bond motifs is 1. The molecule has 2 aromatic carbocycles. The largest absolute Gasteiger partial charge is 0.456 e. The van der Waals surface area contributed by atoms with Crippen molar-refractivity contribution in [1.29, 1.82) is 0 Å². The number of halogens is 1. The number of amides is 1. The van der Waals surface area contributed by atoms with E-state index < -0.39 is 0 Å². The number of cyclic esters (lactones) is 1. The first-order valence-electron chi connectivity index (χ1n) is 8.50. The molecule has 3 heterocycles. The Labute approximate surface area is 163 Å². The second kappa shape index (κ2) is 6.13. The number of carbonyl (C=O) groups excluding carboxylic acids is 2. The molecule has 1 atom stereocenters. The fourth-order valence-electron chi connectivity index (χ4n) is 3.76. The van der Waals surface area contributed by atoms with Crippen LogP contribution in [0.3, 0.4) is 0 Å². The predicted octanol–water partition coefficient (Wildman–Crippen LogP) is 3.51. The van der Waals surface area contributed by atoms with Gasteiger partial charge in [0.2, 0.25) is 12.7 Å². The first-order chi connectivity index (χ1) is 13.1. The topological polar surface area (TPSA) is 65.1 Å². The molecule has 1 amide bonds. The van der Waals surface area contributed by atoms with Gasteiger partial charge in [-0.2, -0.15) is 0 Å². The molecule has 1 unspecified atom stereocenters. The van der Waals surface area contributed by atoms with Gasteiger partial charge in [-0.15, -0.1) is 0 Å². The Hall–Kier alpha value is -2.80. The minimum absolute atomic E-state index is 0.0722. The molecule has 0 fully saturated rings. The van der Waals surface area contributed by atoms with Crippen molar-refractivity contribution in [2.45, 2.75) is 12.3 Å². The minimum atomic E-state index is -0.373. The van der Waals surface area contributed by atoms with E-state index in [0.717, 1.165) is 15.7 Å². The second-order valence-electron chi connectivity index (χ2n) is 6.51. The lowest BCUT2D eigenvalue weighted by Crippen LogP contribution is -2.37. The van der Waals surface area contributed by atoms with Crippen LogP contribution in [-0.2, 0) is 14.3 Å². The van der Waals surface area contributed by atoms with E-state index in [9.17, 15) is 9.59 Å². The highest BCUT2D eigenvalue weighted by molar-refractivity contribution is 9.10. The van der Waals surface area contributed by atoms with E-state index in [1.54, 1.807) is 4.90 Å². The average molecular weight is 428 g/mol. The van der Waals surface area contributed by atoms with Gasteiger partial charge in [0.15, 0.2) is 11.5 Å². The quantitative estimate of drug-likeness (QED) is 0.686. The molecular weight excluding hydrogens is 414 g/mol. The lowest BCUT2D eigenvalue weighted by atomic mass is 9.84. The molecular formula is C20H14BrNO5. The lowest BCUT2D eigenvalue weighted by molar-refractivity contribution is -0.136. The molecule has 0 aromatic heterocycles. The van der Waals surface area contributed by atoms with E-state index in [-0.39, 0.29) is 37.6 Å². The molecule has 0 radical (unpaired) electrons. The van der Waals surface area contributed by atoms with Crippen LogP contribution in [0.4, 0.5) is 5.69 Å². The summed E-state index contributed by atoms with van der Waals surface area (Å²) >= 11 is 3.40. The summed E-state index contributed by atoms with van der Waals surface area (Å²) in [6.45, 7) is 0.271. The van der Waals surface area contributed by atoms with E-state index in [4.69, 9.17) is 14.2 Å². The van der Waals surface area contributed by atoms with Crippen molar-refractivity contribution in [2.24, 2.45) is 0 Å². The highest BCUT2D eigenvalue weighted by atomic mass is 79.9. The molecule has 7 heteroatoms. The summed E-state index contributed by atoms with van der Waals surface area (Å²) in [5, 5.41) is 0. The molecule has 5 rings (SSSR count). The third-order valence-corrected chi connectivity index (χ3v) is 5.53. The maximum atomic E-state index is 13.0. The normalized spacial score (nSPS) is 20.8. The van der Waals surface area contributed by atoms with Crippen molar-refractivity contribution < 1.29 is 23.8 Å². The van der Waals surface area contributed by atoms with Gasteiger partial charge in [-0.1, -0.05) is 22.0 Å². The van der Waals surface area contributed by atoms with Crippen molar-refractivity contribution in [3.63, 3.8) is 0 Å². The third-order valence-electron chi connectivity index (χ3n) is 5.00. The van der Waals surface area contributed by atoms with Crippen LogP contribution in [0.25, 0.3) is 0 Å². The number of benzene rings is 2. The Morgan fingerprint density at radius 1 is 0.963 bits per heavy atom. The van der Waals surface area contributed by atoms with Crippen LogP contribution in [0.1, 0.15) is 17.9 Å². The summed E-state index contributed by atoms with van der Waals surface area (Å²) in [6, 6.07) is 12.9. The molecule has 0 aliphatic carbocycles. The Balaban J connectivity index is 1.60. The van der Waals surface area contributed by atoms with Crippen molar-refractivity contribution in [2.75, 3.05) is 18.3 Å². The standard InChI is InChI=1S/C20H14BrNO5/c21-12-2-4-13(5-3-12)22-15-9-25-20(24)19(15)14(8-18(22)23)11-1-6-16-17(7-11)27-10-26-16/h1-7,14H,8-10H2. The van der Waals surface area contributed by atoms with Gasteiger partial charge in [-0.25, -0.2) is 4.79 Å². The monoisotopic (exact) mass is 427 g/mol. The van der Waals surface area contributed by atoms with Gasteiger partial charge in [-0.3, -0.25) is 9.69 Å². The van der Waals surface area contributed by atoms with Crippen LogP contribution in [0.15, 0.2) is 58.2 Å². The van der Waals surface area contributed by atoms with Crippen molar-refractivity contribution in [3.05, 3.63) is 63.8 Å². The molecule has 0 saturated heterocycles. The number of hydrogen-bond acceptors (Lipinski definition) is 5. The Morgan fingerprint density at radius 2 is 1.74 bits per heavy atom. The van der Waals surface area contributed by atoms with Crippen LogP contribution < -0.4 is 14.4 Å². The molecule has 27 heavy (non-hydrogen) atoms. The highest BCUT2D eigenvalue weighted by Gasteiger charge is 2.43. The first-order valence-corrected chi connectivity index (χ1v) is 9.29. The van der Waals surface area contributed by atoms with Gasteiger partial charge in [0, 0.05) is 22.5 Å². The summed E-state index contributed by atoms with van der Waals surface area (Å²) in [6.07, 6.45) is 0.184. The van der Waals surface area contributed by atoms with Gasteiger partial charge >= 0.3 is 5.97 Å². The molecule has 0 N–H and O–H groups in total. The molecule has 0 bridgehead atoms. The molecule has 136 valence electrons. The molecule has 3 aliphatic rings. The minimum Gasteiger partial charge on any atom is -0.456 e. The molecule has 2 aromatic rings. The SMILES string of the molecule is O=C1OCC2=C1C(c1ccc3c(c1)OCO3)CC(=O)N2c1ccc(Br)cc1. The van der Waals surface area contributed by atoms with Gasteiger partial charge < -0.3 is 14.2 Å². The number of ether oxygens (including phenoxy) is 3. The zero-order valence-corrected chi connectivity index (χ0v) is 15.7. The number of rotatable bonds is 2. The number of nitrogens with zero attached hydrogens (tertiary/aromatic N) is 1. The van der Waals surface area contributed by atoms with Crippen molar-refractivity contribution >= 4 is 33.5 Å². The number of carbonyl (C=O) groups is 2. The van der Waals surface area contributed by atoms with Gasteiger partial charge in [0.25, 0.3) is 0 Å². The van der Waals surface area contributed by atoms with Crippen LogP contribution in [-0.4, -0.2) is 25.3 Å². The summed E-state index contributed by atoms with van der Waals surface area (Å²) in [7, 11) is 0. The van der Waals surface area contributed by atoms with E-state index in [1.807, 2.05) is 42.5 Å². The maximum Gasteiger partial charge on any atom is 0.336 e. The first kappa shape index (κ1) is 16.4. The number of anilines is 1. The molecule has 0 spiro atoms. The van der Waals surface area contributed by atoms with Gasteiger partial charge in [-0.05, 0) is 42.0 Å². The predicted molar refractivity (Wildman–Crippen MR) is 99.5 cm³/mol. The molecule has 0 saturated carbocycles. The molecule has 6 nitrogen and oxygen atoms in total. The smallest absolute Gasteiger partial charge is 0.336 e. The lowest BCUT2D eigenvalue weighted by Gasteiger charge is -2.32. The second-order valence-corrected chi connectivity index (χ2v) is 7.43. The van der Waals surface area contributed by atoms with E-state index >= 15 is 0 Å².